The van der Waals surface area contributed by atoms with Gasteiger partial charge in [-0.15, -0.1) is 12.4 Å². The first-order chi connectivity index (χ1) is 14.9. The zero-order valence-corrected chi connectivity index (χ0v) is 20.8. The molecule has 33 heavy (non-hydrogen) atoms. The van der Waals surface area contributed by atoms with Crippen molar-refractivity contribution >= 4 is 22.4 Å². The van der Waals surface area contributed by atoms with Crippen molar-refractivity contribution in [2.75, 3.05) is 26.2 Å². The van der Waals surface area contributed by atoms with Crippen molar-refractivity contribution in [1.29, 1.82) is 0 Å². The lowest BCUT2D eigenvalue weighted by molar-refractivity contribution is 0.162. The molecule has 2 fully saturated rings. The van der Waals surface area contributed by atoms with Gasteiger partial charge in [-0.2, -0.15) is 4.31 Å². The Morgan fingerprint density at radius 3 is 2.33 bits per heavy atom. The largest absolute Gasteiger partial charge is 0.412 e. The molecule has 0 spiro atoms. The van der Waals surface area contributed by atoms with Crippen LogP contribution >= 0.6 is 12.4 Å². The van der Waals surface area contributed by atoms with Crippen LogP contribution in [0.1, 0.15) is 50.2 Å². The molecule has 0 bridgehead atoms. The van der Waals surface area contributed by atoms with E-state index in [1.807, 2.05) is 30.3 Å². The van der Waals surface area contributed by atoms with Crippen molar-refractivity contribution < 1.29 is 18.3 Å². The van der Waals surface area contributed by atoms with Crippen molar-refractivity contribution in [3.63, 3.8) is 0 Å². The fourth-order valence-corrected chi connectivity index (χ4v) is 8.55. The van der Waals surface area contributed by atoms with Crippen molar-refractivity contribution in [2.24, 2.45) is 11.8 Å². The van der Waals surface area contributed by atoms with Crippen LogP contribution < -0.4 is 0 Å². The van der Waals surface area contributed by atoms with Crippen molar-refractivity contribution in [3.05, 3.63) is 65.5 Å². The van der Waals surface area contributed by atoms with E-state index in [0.717, 1.165) is 44.5 Å². The summed E-state index contributed by atoms with van der Waals surface area (Å²) in [5, 5.41) is 0. The fourth-order valence-electron chi connectivity index (χ4n) is 6.38. The van der Waals surface area contributed by atoms with Crippen LogP contribution in [0.2, 0.25) is 0 Å². The van der Waals surface area contributed by atoms with Gasteiger partial charge in [0.15, 0.2) is 0 Å². The van der Waals surface area contributed by atoms with Crippen LogP contribution in [-0.2, 0) is 15.6 Å². The summed E-state index contributed by atoms with van der Waals surface area (Å²) in [4.78, 5) is 2.92. The third kappa shape index (κ3) is 4.02. The minimum atomic E-state index is -3.47. The molecular formula is C25H34ClFN2O3S. The standard InChI is InChI=1S/C25H31FN2O2S.ClH.H2O/c1-3-25(4-2)23-7-5-6-8-24(23)31(29,30)28(25)14-13-27-16-19-15-21(22(19)17-27)18-9-11-20(26)12-10-18;;/h5-12,19,21-22H,3-4,13-17H2,1-2H3;1H;1H2/t19-,21-,22+;;/m1../s1. The first-order valence-corrected chi connectivity index (χ1v) is 12.9. The van der Waals surface area contributed by atoms with Gasteiger partial charge in [0.05, 0.1) is 10.4 Å². The van der Waals surface area contributed by atoms with Gasteiger partial charge in [0.1, 0.15) is 5.82 Å². The maximum atomic E-state index is 13.4. The van der Waals surface area contributed by atoms with E-state index in [9.17, 15) is 12.8 Å². The van der Waals surface area contributed by atoms with E-state index in [4.69, 9.17) is 0 Å². The van der Waals surface area contributed by atoms with Gasteiger partial charge in [0.2, 0.25) is 10.0 Å². The Morgan fingerprint density at radius 2 is 1.67 bits per heavy atom. The highest BCUT2D eigenvalue weighted by molar-refractivity contribution is 7.89. The van der Waals surface area contributed by atoms with Crippen LogP contribution in [-0.4, -0.2) is 49.3 Å². The molecule has 3 aliphatic rings. The van der Waals surface area contributed by atoms with Gasteiger partial charge in [0.25, 0.3) is 0 Å². The van der Waals surface area contributed by atoms with E-state index in [-0.39, 0.29) is 23.7 Å². The van der Waals surface area contributed by atoms with Crippen molar-refractivity contribution in [1.82, 2.24) is 9.21 Å². The van der Waals surface area contributed by atoms with Gasteiger partial charge in [-0.3, -0.25) is 0 Å². The number of likely N-dealkylation sites (tertiary alicyclic amines) is 1. The SMILES string of the molecule is CCC1(CC)c2ccccc2S(=O)(=O)N1CCN1C[C@H]2C[C@H](c3ccc(F)cc3)[C@H]2C1.Cl.O. The van der Waals surface area contributed by atoms with Crippen molar-refractivity contribution in [2.45, 2.75) is 49.5 Å². The third-order valence-corrected chi connectivity index (χ3v) is 10.2. The molecule has 2 aromatic carbocycles. The Morgan fingerprint density at radius 1 is 1.00 bits per heavy atom. The third-order valence-electron chi connectivity index (χ3n) is 8.16. The molecule has 8 heteroatoms. The minimum absolute atomic E-state index is 0. The second-order valence-electron chi connectivity index (χ2n) is 9.39. The second kappa shape index (κ2) is 9.62. The Bertz CT molecular complexity index is 1080. The van der Waals surface area contributed by atoms with Gasteiger partial charge in [-0.05, 0) is 66.3 Å². The van der Waals surface area contributed by atoms with E-state index in [1.54, 1.807) is 22.5 Å². The zero-order chi connectivity index (χ0) is 21.8. The van der Waals surface area contributed by atoms with Crippen LogP contribution in [0.5, 0.6) is 0 Å². The Hall–Kier alpha value is -1.51. The molecule has 1 saturated heterocycles. The van der Waals surface area contributed by atoms with Gasteiger partial charge in [-0.25, -0.2) is 12.8 Å². The van der Waals surface area contributed by atoms with E-state index < -0.39 is 15.6 Å². The van der Waals surface area contributed by atoms with E-state index in [0.29, 0.717) is 29.2 Å². The molecule has 1 aliphatic carbocycles. The molecule has 0 radical (unpaired) electrons. The van der Waals surface area contributed by atoms with Crippen LogP contribution in [0.3, 0.4) is 0 Å². The molecule has 2 aromatic rings. The number of nitrogens with zero attached hydrogens (tertiary/aromatic N) is 2. The van der Waals surface area contributed by atoms with Gasteiger partial charge < -0.3 is 10.4 Å². The minimum Gasteiger partial charge on any atom is -0.412 e. The predicted molar refractivity (Wildman–Crippen MR) is 131 cm³/mol. The molecule has 5 nitrogen and oxygen atoms in total. The summed E-state index contributed by atoms with van der Waals surface area (Å²) in [5.41, 5.74) is 1.75. The van der Waals surface area contributed by atoms with Gasteiger partial charge >= 0.3 is 0 Å². The second-order valence-corrected chi connectivity index (χ2v) is 11.2. The quantitative estimate of drug-likeness (QED) is 0.602. The molecule has 0 amide bonds. The van der Waals surface area contributed by atoms with Gasteiger partial charge in [0, 0.05) is 26.2 Å². The molecule has 2 heterocycles. The van der Waals surface area contributed by atoms with E-state index >= 15 is 0 Å². The molecule has 2 aliphatic heterocycles. The smallest absolute Gasteiger partial charge is 0.244 e. The summed E-state index contributed by atoms with van der Waals surface area (Å²) in [6.07, 6.45) is 2.70. The molecule has 0 unspecified atom stereocenters. The van der Waals surface area contributed by atoms with E-state index in [1.165, 1.54) is 5.56 Å². The normalized spacial score (nSPS) is 27.1. The number of benzene rings is 2. The summed E-state index contributed by atoms with van der Waals surface area (Å²) in [7, 11) is -3.47. The number of hydrogen-bond donors (Lipinski definition) is 0. The number of halogens is 2. The highest BCUT2D eigenvalue weighted by Gasteiger charge is 2.52. The van der Waals surface area contributed by atoms with Crippen LogP contribution in [0, 0.1) is 17.7 Å². The lowest BCUT2D eigenvalue weighted by Gasteiger charge is -2.40. The fraction of sp³-hybridized carbons (Fsp3) is 0.520. The average Bonchev–Trinajstić information content (AvgIpc) is 3.18. The maximum absolute atomic E-state index is 13.4. The Balaban J connectivity index is 0.00000153. The predicted octanol–water partition coefficient (Wildman–Crippen LogP) is 4.18. The number of rotatable bonds is 6. The molecular weight excluding hydrogens is 463 g/mol. The number of fused-ring (bicyclic) bond motifs is 2. The summed E-state index contributed by atoms with van der Waals surface area (Å²) >= 11 is 0. The Kier molecular flexibility index (Phi) is 7.61. The topological polar surface area (TPSA) is 72.1 Å². The summed E-state index contributed by atoms with van der Waals surface area (Å²) < 4.78 is 41.9. The van der Waals surface area contributed by atoms with Gasteiger partial charge in [-0.1, -0.05) is 44.2 Å². The summed E-state index contributed by atoms with van der Waals surface area (Å²) in [5.74, 6) is 1.58. The highest BCUT2D eigenvalue weighted by atomic mass is 35.5. The maximum Gasteiger partial charge on any atom is 0.244 e. The van der Waals surface area contributed by atoms with Crippen LogP contribution in [0.15, 0.2) is 53.4 Å². The summed E-state index contributed by atoms with van der Waals surface area (Å²) in [6.45, 7) is 7.51. The number of hydrogen-bond acceptors (Lipinski definition) is 3. The monoisotopic (exact) mass is 496 g/mol. The lowest BCUT2D eigenvalue weighted by atomic mass is 9.64. The van der Waals surface area contributed by atoms with E-state index in [2.05, 4.69) is 18.7 Å². The molecule has 2 N–H and O–H groups in total. The Labute approximate surface area is 202 Å². The first kappa shape index (κ1) is 26.1. The highest BCUT2D eigenvalue weighted by Crippen LogP contribution is 2.52. The van der Waals surface area contributed by atoms with Crippen LogP contribution in [0.4, 0.5) is 4.39 Å². The molecule has 5 rings (SSSR count). The zero-order valence-electron chi connectivity index (χ0n) is 19.2. The molecule has 182 valence electrons. The molecule has 3 atom stereocenters. The van der Waals surface area contributed by atoms with Crippen LogP contribution in [0.25, 0.3) is 0 Å². The average molecular weight is 497 g/mol. The first-order valence-electron chi connectivity index (χ1n) is 11.5. The molecule has 1 saturated carbocycles. The molecule has 0 aromatic heterocycles. The lowest BCUT2D eigenvalue weighted by Crippen LogP contribution is -2.46. The van der Waals surface area contributed by atoms with Crippen molar-refractivity contribution in [3.8, 4) is 0 Å². The summed E-state index contributed by atoms with van der Waals surface area (Å²) in [6, 6.07) is 14.5. The number of sulfonamides is 1.